The van der Waals surface area contributed by atoms with Gasteiger partial charge in [0.15, 0.2) is 0 Å². The van der Waals surface area contributed by atoms with Gasteiger partial charge in [0.2, 0.25) is 0 Å². The monoisotopic (exact) mass is 364 g/mol. The van der Waals surface area contributed by atoms with Crippen molar-refractivity contribution >= 4 is 20.9 Å². The van der Waals surface area contributed by atoms with Crippen molar-refractivity contribution in [1.82, 2.24) is 8.96 Å². The van der Waals surface area contributed by atoms with Gasteiger partial charge in [-0.25, -0.2) is 12.4 Å². The maximum Gasteiger partial charge on any atom is 0.268 e. The van der Waals surface area contributed by atoms with Gasteiger partial charge in [0.1, 0.15) is 5.75 Å². The molecule has 2 aromatic heterocycles. The maximum atomic E-state index is 13.2. The number of rotatable bonds is 4. The highest BCUT2D eigenvalue weighted by Gasteiger charge is 2.21. The zero-order valence-corrected chi connectivity index (χ0v) is 14.8. The van der Waals surface area contributed by atoms with Crippen LogP contribution in [0.2, 0.25) is 0 Å². The Morgan fingerprint density at radius 2 is 1.65 bits per heavy atom. The van der Waals surface area contributed by atoms with Gasteiger partial charge < -0.3 is 4.74 Å². The molecule has 0 unspecified atom stereocenters. The molecule has 0 radical (unpaired) electrons. The average molecular weight is 364 g/mol. The molecule has 4 rings (SSSR count). The van der Waals surface area contributed by atoms with E-state index in [-0.39, 0.29) is 4.90 Å². The van der Waals surface area contributed by atoms with Crippen LogP contribution in [0.4, 0.5) is 0 Å². The molecule has 5 nitrogen and oxygen atoms in total. The van der Waals surface area contributed by atoms with E-state index in [0.29, 0.717) is 11.3 Å². The Hall–Kier alpha value is -3.12. The van der Waals surface area contributed by atoms with E-state index in [1.54, 1.807) is 56.0 Å². The van der Waals surface area contributed by atoms with Gasteiger partial charge >= 0.3 is 0 Å². The van der Waals surface area contributed by atoms with Crippen LogP contribution in [0.15, 0.2) is 84.1 Å². The minimum absolute atomic E-state index is 0.209. The maximum absolute atomic E-state index is 13.2. The Labute approximate surface area is 151 Å². The topological polar surface area (TPSA) is 61.2 Å². The summed E-state index contributed by atoms with van der Waals surface area (Å²) >= 11 is 0. The van der Waals surface area contributed by atoms with Crippen LogP contribution < -0.4 is 4.74 Å². The molecule has 6 heteroatoms. The van der Waals surface area contributed by atoms with Crippen LogP contribution in [0.25, 0.3) is 22.0 Å². The molecule has 0 fully saturated rings. The molecule has 130 valence electrons. The summed E-state index contributed by atoms with van der Waals surface area (Å²) in [5, 5.41) is 0.858. The van der Waals surface area contributed by atoms with Crippen LogP contribution in [-0.2, 0) is 10.0 Å². The third-order valence-corrected chi connectivity index (χ3v) is 5.97. The lowest BCUT2D eigenvalue weighted by atomic mass is 10.0. The first kappa shape index (κ1) is 16.4. The molecule has 26 heavy (non-hydrogen) atoms. The molecule has 2 heterocycles. The van der Waals surface area contributed by atoms with Gasteiger partial charge in [0.25, 0.3) is 10.0 Å². The van der Waals surface area contributed by atoms with Crippen molar-refractivity contribution < 1.29 is 13.2 Å². The molecule has 0 aliphatic heterocycles. The smallest absolute Gasteiger partial charge is 0.268 e. The summed E-state index contributed by atoms with van der Waals surface area (Å²) in [7, 11) is -2.19. The van der Waals surface area contributed by atoms with Crippen molar-refractivity contribution in [3.8, 4) is 16.9 Å². The fourth-order valence-electron chi connectivity index (χ4n) is 2.99. The number of aromatic nitrogens is 2. The summed E-state index contributed by atoms with van der Waals surface area (Å²) < 4.78 is 32.8. The highest BCUT2D eigenvalue weighted by atomic mass is 32.2. The molecule has 0 aliphatic rings. The van der Waals surface area contributed by atoms with Crippen LogP contribution in [0.1, 0.15) is 0 Å². The number of pyridine rings is 1. The van der Waals surface area contributed by atoms with Gasteiger partial charge in [0.05, 0.1) is 17.5 Å². The van der Waals surface area contributed by atoms with E-state index in [2.05, 4.69) is 4.98 Å². The Balaban J connectivity index is 1.94. The van der Waals surface area contributed by atoms with Crippen molar-refractivity contribution in [1.29, 1.82) is 0 Å². The summed E-state index contributed by atoms with van der Waals surface area (Å²) in [5.74, 6) is 0.610. The average Bonchev–Trinajstić information content (AvgIpc) is 3.14. The fourth-order valence-corrected chi connectivity index (χ4v) is 4.36. The Morgan fingerprint density at radius 1 is 0.923 bits per heavy atom. The van der Waals surface area contributed by atoms with Crippen LogP contribution in [0, 0.1) is 0 Å². The molecule has 0 saturated carbocycles. The summed E-state index contributed by atoms with van der Waals surface area (Å²) in [6, 6.07) is 17.7. The van der Waals surface area contributed by atoms with Crippen molar-refractivity contribution in [3.63, 3.8) is 0 Å². The van der Waals surface area contributed by atoms with Crippen molar-refractivity contribution in [2.24, 2.45) is 0 Å². The van der Waals surface area contributed by atoms with E-state index in [9.17, 15) is 8.42 Å². The Bertz CT molecular complexity index is 1160. The molecule has 0 bridgehead atoms. The third kappa shape index (κ3) is 2.64. The number of fused-ring (bicyclic) bond motifs is 1. The van der Waals surface area contributed by atoms with Crippen molar-refractivity contribution in [3.05, 3.63) is 79.3 Å². The predicted molar refractivity (Wildman–Crippen MR) is 101 cm³/mol. The Kier molecular flexibility index (Phi) is 3.97. The van der Waals surface area contributed by atoms with E-state index >= 15 is 0 Å². The summed E-state index contributed by atoms with van der Waals surface area (Å²) in [4.78, 5) is 4.25. The standard InChI is InChI=1S/C20H16N2O3S/c1-25-17-5-7-18(8-6-17)26(23,24)22-14-11-16-3-2-4-19(20(16)22)15-9-12-21-13-10-15/h2-14H,1H3. The lowest BCUT2D eigenvalue weighted by Crippen LogP contribution is -2.12. The first-order chi connectivity index (χ1) is 12.6. The lowest BCUT2D eigenvalue weighted by Gasteiger charge is -2.11. The zero-order chi connectivity index (χ0) is 18.1. The largest absolute Gasteiger partial charge is 0.497 e. The molecule has 0 atom stereocenters. The van der Waals surface area contributed by atoms with E-state index in [1.807, 2.05) is 30.3 Å². The SMILES string of the molecule is COc1ccc(S(=O)(=O)n2ccc3cccc(-c4ccncc4)c32)cc1. The van der Waals surface area contributed by atoms with E-state index in [4.69, 9.17) is 4.74 Å². The lowest BCUT2D eigenvalue weighted by molar-refractivity contribution is 0.414. The molecule has 4 aromatic rings. The summed E-state index contributed by atoms with van der Waals surface area (Å²) in [6.45, 7) is 0. The first-order valence-corrected chi connectivity index (χ1v) is 9.45. The summed E-state index contributed by atoms with van der Waals surface area (Å²) in [6.07, 6.45) is 4.98. The highest BCUT2D eigenvalue weighted by molar-refractivity contribution is 7.90. The van der Waals surface area contributed by atoms with Crippen LogP contribution in [-0.4, -0.2) is 24.5 Å². The fraction of sp³-hybridized carbons (Fsp3) is 0.0500. The third-order valence-electron chi connectivity index (χ3n) is 4.28. The van der Waals surface area contributed by atoms with Gasteiger partial charge in [-0.05, 0) is 48.0 Å². The van der Waals surface area contributed by atoms with Crippen LogP contribution in [0.5, 0.6) is 5.75 Å². The van der Waals surface area contributed by atoms with E-state index in [0.717, 1.165) is 16.5 Å². The molecule has 0 amide bonds. The van der Waals surface area contributed by atoms with Crippen molar-refractivity contribution in [2.75, 3.05) is 7.11 Å². The second kappa shape index (κ2) is 6.31. The van der Waals surface area contributed by atoms with E-state index < -0.39 is 10.0 Å². The molecular formula is C20H16N2O3S. The number of para-hydroxylation sites is 1. The molecule has 0 spiro atoms. The highest BCUT2D eigenvalue weighted by Crippen LogP contribution is 2.31. The van der Waals surface area contributed by atoms with Crippen LogP contribution in [0.3, 0.4) is 0 Å². The molecule has 2 aromatic carbocycles. The minimum atomic E-state index is -3.73. The number of nitrogens with zero attached hydrogens (tertiary/aromatic N) is 2. The van der Waals surface area contributed by atoms with Gasteiger partial charge in [0, 0.05) is 29.5 Å². The number of ether oxygens (including phenoxy) is 1. The predicted octanol–water partition coefficient (Wildman–Crippen LogP) is 3.95. The van der Waals surface area contributed by atoms with Crippen molar-refractivity contribution in [2.45, 2.75) is 4.90 Å². The van der Waals surface area contributed by atoms with E-state index in [1.165, 1.54) is 3.97 Å². The quantitative estimate of drug-likeness (QED) is 0.550. The summed E-state index contributed by atoms with van der Waals surface area (Å²) in [5.41, 5.74) is 2.40. The number of hydrogen-bond acceptors (Lipinski definition) is 4. The number of methoxy groups -OCH3 is 1. The van der Waals surface area contributed by atoms with Crippen LogP contribution >= 0.6 is 0 Å². The molecular weight excluding hydrogens is 348 g/mol. The minimum Gasteiger partial charge on any atom is -0.497 e. The second-order valence-electron chi connectivity index (χ2n) is 5.77. The van der Waals surface area contributed by atoms with Gasteiger partial charge in [-0.1, -0.05) is 18.2 Å². The molecule has 0 saturated heterocycles. The number of benzene rings is 2. The zero-order valence-electron chi connectivity index (χ0n) is 14.0. The molecule has 0 N–H and O–H groups in total. The number of hydrogen-bond donors (Lipinski definition) is 0. The van der Waals surface area contributed by atoms with Gasteiger partial charge in [-0.3, -0.25) is 4.98 Å². The Morgan fingerprint density at radius 3 is 2.35 bits per heavy atom. The first-order valence-electron chi connectivity index (χ1n) is 8.01. The van der Waals surface area contributed by atoms with Gasteiger partial charge in [-0.15, -0.1) is 0 Å². The molecule has 0 aliphatic carbocycles. The van der Waals surface area contributed by atoms with Gasteiger partial charge in [-0.2, -0.15) is 0 Å². The second-order valence-corrected chi connectivity index (χ2v) is 7.59. The normalized spacial score (nSPS) is 11.6.